The van der Waals surface area contributed by atoms with Gasteiger partial charge in [0.15, 0.2) is 10.6 Å². The standard InChI is InChI=1S/C21H23FN4OS/c1-4-13-27-17-11-9-16(10-12-17)14-24(2)15-26-21(28)25(3)20(23-26)18-7-5-6-8-19(18)22/h4-12H,1,13-15H2,2-3H3. The third-order valence-electron chi connectivity index (χ3n) is 4.27. The molecule has 1 heterocycles. The van der Waals surface area contributed by atoms with E-state index in [0.717, 1.165) is 17.9 Å². The zero-order chi connectivity index (χ0) is 20.1. The molecule has 0 radical (unpaired) electrons. The van der Waals surface area contributed by atoms with E-state index in [1.807, 2.05) is 31.3 Å². The summed E-state index contributed by atoms with van der Waals surface area (Å²) >= 11 is 5.49. The number of hydrogen-bond acceptors (Lipinski definition) is 4. The van der Waals surface area contributed by atoms with Gasteiger partial charge in [0, 0.05) is 13.6 Å². The molecule has 0 aliphatic carbocycles. The van der Waals surface area contributed by atoms with E-state index in [1.54, 1.807) is 40.6 Å². The summed E-state index contributed by atoms with van der Waals surface area (Å²) in [6.45, 7) is 5.34. The minimum Gasteiger partial charge on any atom is -0.490 e. The number of halogens is 1. The third kappa shape index (κ3) is 4.55. The zero-order valence-electron chi connectivity index (χ0n) is 16.0. The third-order valence-corrected chi connectivity index (χ3v) is 4.76. The Morgan fingerprint density at radius 3 is 2.61 bits per heavy atom. The molecular weight excluding hydrogens is 375 g/mol. The Hall–Kier alpha value is -2.77. The van der Waals surface area contributed by atoms with Gasteiger partial charge in [-0.05, 0) is 49.1 Å². The normalized spacial score (nSPS) is 11.0. The molecule has 0 amide bonds. The lowest BCUT2D eigenvalue weighted by molar-refractivity contribution is 0.244. The van der Waals surface area contributed by atoms with Gasteiger partial charge in [-0.1, -0.05) is 36.9 Å². The molecule has 0 aliphatic heterocycles. The monoisotopic (exact) mass is 398 g/mol. The SMILES string of the molecule is C=CCOc1ccc(CN(C)Cn2nc(-c3ccccc3F)n(C)c2=S)cc1. The first-order valence-electron chi connectivity index (χ1n) is 8.89. The first kappa shape index (κ1) is 20.0. The molecule has 5 nitrogen and oxygen atoms in total. The van der Waals surface area contributed by atoms with Gasteiger partial charge in [-0.15, -0.1) is 0 Å². The molecule has 28 heavy (non-hydrogen) atoms. The van der Waals surface area contributed by atoms with Crippen molar-refractivity contribution in [2.24, 2.45) is 7.05 Å². The Kier molecular flexibility index (Phi) is 6.38. The second-order valence-corrected chi connectivity index (χ2v) is 6.91. The van der Waals surface area contributed by atoms with Crippen LogP contribution in [0.1, 0.15) is 5.56 Å². The largest absolute Gasteiger partial charge is 0.490 e. The predicted octanol–water partition coefficient (Wildman–Crippen LogP) is 4.41. The van der Waals surface area contributed by atoms with E-state index >= 15 is 0 Å². The number of rotatable bonds is 8. The highest BCUT2D eigenvalue weighted by atomic mass is 32.1. The van der Waals surface area contributed by atoms with Crippen molar-refractivity contribution in [3.63, 3.8) is 0 Å². The van der Waals surface area contributed by atoms with Crippen LogP contribution in [0.25, 0.3) is 11.4 Å². The summed E-state index contributed by atoms with van der Waals surface area (Å²) in [5.41, 5.74) is 1.58. The molecule has 0 bridgehead atoms. The molecule has 7 heteroatoms. The first-order valence-corrected chi connectivity index (χ1v) is 9.30. The minimum absolute atomic E-state index is 0.315. The number of aromatic nitrogens is 3. The van der Waals surface area contributed by atoms with Crippen LogP contribution in [0.15, 0.2) is 61.2 Å². The number of nitrogens with zero attached hydrogens (tertiary/aromatic N) is 4. The fourth-order valence-electron chi connectivity index (χ4n) is 2.89. The average Bonchev–Trinajstić information content (AvgIpc) is 2.96. The van der Waals surface area contributed by atoms with Crippen LogP contribution in [-0.2, 0) is 20.3 Å². The van der Waals surface area contributed by atoms with Crippen LogP contribution in [0.4, 0.5) is 4.39 Å². The Bertz CT molecular complexity index is 1010. The Balaban J connectivity index is 1.71. The van der Waals surface area contributed by atoms with Gasteiger partial charge in [0.05, 0.1) is 12.2 Å². The molecule has 0 aliphatic rings. The molecule has 0 fully saturated rings. The molecule has 0 N–H and O–H groups in total. The molecule has 1 aromatic heterocycles. The van der Waals surface area contributed by atoms with E-state index in [4.69, 9.17) is 17.0 Å². The number of hydrogen-bond donors (Lipinski definition) is 0. The maximum absolute atomic E-state index is 14.1. The highest BCUT2D eigenvalue weighted by Crippen LogP contribution is 2.21. The van der Waals surface area contributed by atoms with Crippen molar-refractivity contribution >= 4 is 12.2 Å². The molecule has 0 unspecified atom stereocenters. The van der Waals surface area contributed by atoms with Gasteiger partial charge < -0.3 is 9.30 Å². The fraction of sp³-hybridized carbons (Fsp3) is 0.238. The quantitative estimate of drug-likeness (QED) is 0.416. The average molecular weight is 399 g/mol. The number of benzene rings is 2. The van der Waals surface area contributed by atoms with Crippen LogP contribution in [0, 0.1) is 10.6 Å². The molecule has 2 aromatic carbocycles. The molecule has 3 rings (SSSR count). The van der Waals surface area contributed by atoms with Crippen molar-refractivity contribution in [3.05, 3.63) is 77.3 Å². The summed E-state index contributed by atoms with van der Waals surface area (Å²) in [5, 5.41) is 4.53. The fourth-order valence-corrected chi connectivity index (χ4v) is 3.08. The van der Waals surface area contributed by atoms with E-state index in [2.05, 4.69) is 16.6 Å². The smallest absolute Gasteiger partial charge is 0.199 e. The molecule has 146 valence electrons. The maximum Gasteiger partial charge on any atom is 0.199 e. The summed E-state index contributed by atoms with van der Waals surface area (Å²) in [4.78, 5) is 2.09. The predicted molar refractivity (Wildman–Crippen MR) is 111 cm³/mol. The Morgan fingerprint density at radius 2 is 1.93 bits per heavy atom. The minimum atomic E-state index is -0.315. The van der Waals surface area contributed by atoms with E-state index in [1.165, 1.54) is 6.07 Å². The van der Waals surface area contributed by atoms with Gasteiger partial charge in [0.25, 0.3) is 0 Å². The number of ether oxygens (including phenoxy) is 1. The van der Waals surface area contributed by atoms with Crippen molar-refractivity contribution in [2.75, 3.05) is 13.7 Å². The van der Waals surface area contributed by atoms with Crippen molar-refractivity contribution in [1.82, 2.24) is 19.2 Å². The summed E-state index contributed by atoms with van der Waals surface area (Å²) in [7, 11) is 3.79. The van der Waals surface area contributed by atoms with Crippen LogP contribution in [0.3, 0.4) is 0 Å². The van der Waals surface area contributed by atoms with E-state index in [9.17, 15) is 4.39 Å². The van der Waals surface area contributed by atoms with Crippen LogP contribution < -0.4 is 4.74 Å². The molecule has 0 saturated heterocycles. The lowest BCUT2D eigenvalue weighted by Crippen LogP contribution is -2.22. The summed E-state index contributed by atoms with van der Waals surface area (Å²) in [5.74, 6) is 1.01. The van der Waals surface area contributed by atoms with Crippen molar-refractivity contribution < 1.29 is 9.13 Å². The van der Waals surface area contributed by atoms with Crippen molar-refractivity contribution in [2.45, 2.75) is 13.2 Å². The summed E-state index contributed by atoms with van der Waals surface area (Å²) < 4.78 is 23.6. The van der Waals surface area contributed by atoms with Gasteiger partial charge in [-0.2, -0.15) is 5.10 Å². The van der Waals surface area contributed by atoms with Crippen LogP contribution in [0.2, 0.25) is 0 Å². The Morgan fingerprint density at radius 1 is 1.21 bits per heavy atom. The second kappa shape index (κ2) is 8.95. The molecule has 0 saturated carbocycles. The van der Waals surface area contributed by atoms with Crippen molar-refractivity contribution in [3.8, 4) is 17.1 Å². The molecule has 0 spiro atoms. The highest BCUT2D eigenvalue weighted by molar-refractivity contribution is 7.71. The summed E-state index contributed by atoms with van der Waals surface area (Å²) in [6.07, 6.45) is 1.72. The van der Waals surface area contributed by atoms with Crippen LogP contribution in [-0.4, -0.2) is 32.9 Å². The van der Waals surface area contributed by atoms with E-state index < -0.39 is 0 Å². The molecular formula is C21H23FN4OS. The van der Waals surface area contributed by atoms with Gasteiger partial charge in [-0.25, -0.2) is 9.07 Å². The van der Waals surface area contributed by atoms with Gasteiger partial charge in [-0.3, -0.25) is 4.90 Å². The topological polar surface area (TPSA) is 35.2 Å². The van der Waals surface area contributed by atoms with E-state index in [0.29, 0.717) is 29.4 Å². The Labute approximate surface area is 169 Å². The second-order valence-electron chi connectivity index (χ2n) is 6.54. The highest BCUT2D eigenvalue weighted by Gasteiger charge is 2.14. The van der Waals surface area contributed by atoms with Gasteiger partial charge >= 0.3 is 0 Å². The zero-order valence-corrected chi connectivity index (χ0v) is 16.8. The maximum atomic E-state index is 14.1. The summed E-state index contributed by atoms with van der Waals surface area (Å²) in [6, 6.07) is 14.5. The van der Waals surface area contributed by atoms with Gasteiger partial charge in [0.1, 0.15) is 18.2 Å². The molecule has 3 aromatic rings. The molecule has 0 atom stereocenters. The lowest BCUT2D eigenvalue weighted by atomic mass is 10.2. The van der Waals surface area contributed by atoms with Crippen LogP contribution >= 0.6 is 12.2 Å². The first-order chi connectivity index (χ1) is 13.5. The van der Waals surface area contributed by atoms with E-state index in [-0.39, 0.29) is 5.82 Å². The van der Waals surface area contributed by atoms with Crippen LogP contribution in [0.5, 0.6) is 5.75 Å². The lowest BCUT2D eigenvalue weighted by Gasteiger charge is -2.16. The van der Waals surface area contributed by atoms with Crippen molar-refractivity contribution in [1.29, 1.82) is 0 Å². The van der Waals surface area contributed by atoms with Gasteiger partial charge in [0.2, 0.25) is 0 Å².